The summed E-state index contributed by atoms with van der Waals surface area (Å²) in [6.45, 7) is 5.15. The number of carbonyl (C=O) groups is 2. The quantitative estimate of drug-likeness (QED) is 0.186. The average Bonchev–Trinajstić information content (AvgIpc) is 2.99. The van der Waals surface area contributed by atoms with Crippen LogP contribution in [0, 0.1) is 0 Å². The van der Waals surface area contributed by atoms with Crippen molar-refractivity contribution in [3.8, 4) is 0 Å². The zero-order valence-corrected chi connectivity index (χ0v) is 27.9. The molecule has 0 heterocycles. The van der Waals surface area contributed by atoms with Crippen LogP contribution in [0.4, 0.5) is 5.69 Å². The number of hydrogen-bond donors (Lipinski definition) is 1. The minimum Gasteiger partial charge on any atom is -0.350 e. The molecular formula is C34H35BrClN3O4S. The van der Waals surface area contributed by atoms with E-state index in [1.165, 1.54) is 17.0 Å². The Bertz CT molecular complexity index is 1660. The fraction of sp³-hybridized carbons (Fsp3) is 0.235. The van der Waals surface area contributed by atoms with Crippen molar-refractivity contribution in [2.24, 2.45) is 0 Å². The maximum absolute atomic E-state index is 14.4. The number of rotatable bonds is 11. The van der Waals surface area contributed by atoms with Crippen LogP contribution in [0.25, 0.3) is 0 Å². The van der Waals surface area contributed by atoms with Gasteiger partial charge in [0.15, 0.2) is 0 Å². The van der Waals surface area contributed by atoms with E-state index in [2.05, 4.69) is 21.2 Å². The first-order valence-electron chi connectivity index (χ1n) is 14.1. The molecule has 7 nitrogen and oxygen atoms in total. The van der Waals surface area contributed by atoms with Crippen molar-refractivity contribution < 1.29 is 18.0 Å². The molecule has 0 spiro atoms. The maximum Gasteiger partial charge on any atom is 0.264 e. The van der Waals surface area contributed by atoms with Crippen LogP contribution in [0.1, 0.15) is 31.9 Å². The number of amides is 2. The van der Waals surface area contributed by atoms with Crippen LogP contribution >= 0.6 is 27.5 Å². The molecule has 0 aliphatic heterocycles. The van der Waals surface area contributed by atoms with Crippen molar-refractivity contribution in [1.82, 2.24) is 10.2 Å². The molecule has 0 fully saturated rings. The summed E-state index contributed by atoms with van der Waals surface area (Å²) in [6.07, 6.45) is 0.228. The first kappa shape index (κ1) is 33.2. The molecule has 0 aliphatic carbocycles. The largest absolute Gasteiger partial charge is 0.350 e. The van der Waals surface area contributed by atoms with Crippen LogP contribution in [0.3, 0.4) is 0 Å². The molecule has 0 saturated heterocycles. The fourth-order valence-electron chi connectivity index (χ4n) is 4.65. The highest BCUT2D eigenvalue weighted by molar-refractivity contribution is 9.10. The van der Waals surface area contributed by atoms with Gasteiger partial charge in [-0.25, -0.2) is 8.42 Å². The van der Waals surface area contributed by atoms with Gasteiger partial charge in [-0.05, 0) is 80.4 Å². The molecule has 0 saturated carbocycles. The number of nitrogens with one attached hydrogen (secondary N) is 1. The van der Waals surface area contributed by atoms with E-state index in [1.54, 1.807) is 66.7 Å². The van der Waals surface area contributed by atoms with Gasteiger partial charge in [-0.2, -0.15) is 0 Å². The highest BCUT2D eigenvalue weighted by Gasteiger charge is 2.35. The highest BCUT2D eigenvalue weighted by atomic mass is 79.9. The predicted molar refractivity (Wildman–Crippen MR) is 179 cm³/mol. The second-order valence-electron chi connectivity index (χ2n) is 11.4. The van der Waals surface area contributed by atoms with E-state index in [1.807, 2.05) is 51.1 Å². The molecule has 44 heavy (non-hydrogen) atoms. The monoisotopic (exact) mass is 695 g/mol. The van der Waals surface area contributed by atoms with E-state index >= 15 is 0 Å². The van der Waals surface area contributed by atoms with Crippen molar-refractivity contribution >= 4 is 55.1 Å². The molecule has 0 radical (unpaired) electrons. The summed E-state index contributed by atoms with van der Waals surface area (Å²) in [5, 5.41) is 3.56. The van der Waals surface area contributed by atoms with Gasteiger partial charge in [0.2, 0.25) is 11.8 Å². The van der Waals surface area contributed by atoms with Gasteiger partial charge in [0, 0.05) is 28.0 Å². The predicted octanol–water partition coefficient (Wildman–Crippen LogP) is 6.85. The minimum atomic E-state index is -4.16. The first-order valence-corrected chi connectivity index (χ1v) is 16.7. The number of halogens is 2. The van der Waals surface area contributed by atoms with Gasteiger partial charge in [-0.15, -0.1) is 0 Å². The normalized spacial score (nSPS) is 12.3. The second-order valence-corrected chi connectivity index (χ2v) is 14.6. The fourth-order valence-corrected chi connectivity index (χ4v) is 6.47. The lowest BCUT2D eigenvalue weighted by molar-refractivity contribution is -0.140. The topological polar surface area (TPSA) is 86.8 Å². The van der Waals surface area contributed by atoms with Gasteiger partial charge >= 0.3 is 0 Å². The van der Waals surface area contributed by atoms with Gasteiger partial charge in [0.05, 0.1) is 10.6 Å². The molecule has 4 aromatic carbocycles. The number of nitrogens with zero attached hydrogens (tertiary/aromatic N) is 2. The zero-order valence-electron chi connectivity index (χ0n) is 24.8. The summed E-state index contributed by atoms with van der Waals surface area (Å²) in [5.74, 6) is -0.878. The molecule has 0 aromatic heterocycles. The van der Waals surface area contributed by atoms with Crippen molar-refractivity contribution in [2.45, 2.75) is 50.2 Å². The molecule has 1 atom stereocenters. The Morgan fingerprint density at radius 2 is 1.39 bits per heavy atom. The van der Waals surface area contributed by atoms with Crippen LogP contribution in [0.5, 0.6) is 0 Å². The lowest BCUT2D eigenvalue weighted by Crippen LogP contribution is -2.56. The smallest absolute Gasteiger partial charge is 0.264 e. The standard InChI is InChI=1S/C34H35BrClN3O4S/c1-34(2,3)37-33(41)31(22-25-10-6-4-7-11-25)38(23-26-14-18-28(36)19-15-26)32(40)24-39(29-20-16-27(35)17-21-29)44(42,43)30-12-8-5-9-13-30/h4-21,31H,22-24H2,1-3H3,(H,37,41)/t31-/m1/s1. The van der Waals surface area contributed by atoms with Crippen LogP contribution < -0.4 is 9.62 Å². The summed E-state index contributed by atoms with van der Waals surface area (Å²) in [6, 6.07) is 30.2. The van der Waals surface area contributed by atoms with Gasteiger partial charge in [0.1, 0.15) is 12.6 Å². The number of sulfonamides is 1. The van der Waals surface area contributed by atoms with E-state index in [9.17, 15) is 18.0 Å². The summed E-state index contributed by atoms with van der Waals surface area (Å²) < 4.78 is 29.9. The van der Waals surface area contributed by atoms with Gasteiger partial charge in [-0.1, -0.05) is 88.2 Å². The lowest BCUT2D eigenvalue weighted by atomic mass is 10.0. The van der Waals surface area contributed by atoms with Crippen molar-refractivity contribution in [3.05, 3.63) is 130 Å². The molecule has 2 amide bonds. The Morgan fingerprint density at radius 3 is 1.95 bits per heavy atom. The van der Waals surface area contributed by atoms with Crippen LogP contribution in [0.15, 0.2) is 119 Å². The van der Waals surface area contributed by atoms with E-state index in [0.717, 1.165) is 19.9 Å². The zero-order chi connectivity index (χ0) is 31.9. The van der Waals surface area contributed by atoms with Crippen molar-refractivity contribution in [1.29, 1.82) is 0 Å². The number of anilines is 1. The van der Waals surface area contributed by atoms with Gasteiger partial charge < -0.3 is 10.2 Å². The summed E-state index contributed by atoms with van der Waals surface area (Å²) >= 11 is 9.54. The molecule has 0 aliphatic rings. The van der Waals surface area contributed by atoms with Crippen molar-refractivity contribution in [3.63, 3.8) is 0 Å². The Balaban J connectivity index is 1.80. The average molecular weight is 697 g/mol. The molecule has 4 rings (SSSR count). The van der Waals surface area contributed by atoms with E-state index < -0.39 is 34.1 Å². The summed E-state index contributed by atoms with van der Waals surface area (Å²) in [7, 11) is -4.16. The Labute approximate surface area is 273 Å². The Kier molecular flexibility index (Phi) is 10.9. The third-order valence-electron chi connectivity index (χ3n) is 6.76. The second kappa shape index (κ2) is 14.4. The van der Waals surface area contributed by atoms with Crippen molar-refractivity contribution in [2.75, 3.05) is 10.8 Å². The van der Waals surface area contributed by atoms with Crippen LogP contribution in [0.2, 0.25) is 5.02 Å². The van der Waals surface area contributed by atoms with Crippen LogP contribution in [-0.4, -0.2) is 43.3 Å². The first-order chi connectivity index (χ1) is 20.8. The Morgan fingerprint density at radius 1 is 0.818 bits per heavy atom. The van der Waals surface area contributed by atoms with E-state index in [0.29, 0.717) is 10.7 Å². The van der Waals surface area contributed by atoms with Gasteiger partial charge in [0.25, 0.3) is 10.0 Å². The highest BCUT2D eigenvalue weighted by Crippen LogP contribution is 2.27. The molecule has 4 aromatic rings. The number of hydrogen-bond acceptors (Lipinski definition) is 4. The SMILES string of the molecule is CC(C)(C)NC(=O)[C@@H](Cc1ccccc1)N(Cc1ccc(Cl)cc1)C(=O)CN(c1ccc(Br)cc1)S(=O)(=O)c1ccccc1. The summed E-state index contributed by atoms with van der Waals surface area (Å²) in [5.41, 5.74) is 1.35. The molecule has 1 N–H and O–H groups in total. The Hall–Kier alpha value is -3.66. The molecule has 230 valence electrons. The van der Waals surface area contributed by atoms with E-state index in [-0.39, 0.29) is 23.8 Å². The summed E-state index contributed by atoms with van der Waals surface area (Å²) in [4.78, 5) is 29.9. The van der Waals surface area contributed by atoms with Crippen LogP contribution in [-0.2, 0) is 32.6 Å². The number of benzene rings is 4. The maximum atomic E-state index is 14.4. The molecular weight excluding hydrogens is 662 g/mol. The molecule has 0 bridgehead atoms. The molecule has 10 heteroatoms. The third-order valence-corrected chi connectivity index (χ3v) is 9.33. The van der Waals surface area contributed by atoms with Gasteiger partial charge in [-0.3, -0.25) is 13.9 Å². The molecule has 0 unspecified atom stereocenters. The lowest BCUT2D eigenvalue weighted by Gasteiger charge is -2.35. The van der Waals surface area contributed by atoms with E-state index in [4.69, 9.17) is 11.6 Å². The minimum absolute atomic E-state index is 0.0475. The third kappa shape index (κ3) is 8.94. The number of carbonyl (C=O) groups excluding carboxylic acids is 2.